The molecular formula is C22H26N2O8S2. The Balaban J connectivity index is 1.76. The van der Waals surface area contributed by atoms with E-state index in [4.69, 9.17) is 8.92 Å². The van der Waals surface area contributed by atoms with Crippen molar-refractivity contribution in [1.82, 2.24) is 10.2 Å². The first-order valence-corrected chi connectivity index (χ1v) is 12.8. The van der Waals surface area contributed by atoms with Crippen molar-refractivity contribution < 1.29 is 35.9 Å². The molecule has 0 radical (unpaired) electrons. The van der Waals surface area contributed by atoms with Crippen LogP contribution in [0, 0.1) is 5.92 Å². The molecule has 1 fully saturated rings. The van der Waals surface area contributed by atoms with E-state index >= 15 is 0 Å². The fraction of sp³-hybridized carbons (Fsp3) is 0.409. The van der Waals surface area contributed by atoms with Gasteiger partial charge >= 0.3 is 16.4 Å². The van der Waals surface area contributed by atoms with Crippen molar-refractivity contribution in [3.8, 4) is 0 Å². The van der Waals surface area contributed by atoms with Gasteiger partial charge in [0.1, 0.15) is 12.3 Å². The lowest BCUT2D eigenvalue weighted by molar-refractivity contribution is -0.161. The van der Waals surface area contributed by atoms with Crippen LogP contribution in [0.25, 0.3) is 0 Å². The number of amides is 2. The average Bonchev–Trinajstić information content (AvgIpc) is 3.09. The Morgan fingerprint density at radius 3 is 2.65 bits per heavy atom. The third-order valence-electron chi connectivity index (χ3n) is 5.18. The highest BCUT2D eigenvalue weighted by molar-refractivity contribution is 8.05. The van der Waals surface area contributed by atoms with Crippen LogP contribution >= 0.6 is 11.8 Å². The highest BCUT2D eigenvalue weighted by atomic mass is 32.3. The standard InChI is InChI=1S/C22H26N2O8S2/c1-4-31-34(28,29)32-14(2)19-17-12-18(33-11-10-23-15(3)25)20(24(17)21(19)26)22(27)30-13-16-8-6-5-7-9-16/h5-11,14,17,19H,4,12-13H2,1-3H3,(H,23,25)/t14-,17+,19-/m0/s1. The van der Waals surface area contributed by atoms with Gasteiger partial charge in [-0.1, -0.05) is 42.1 Å². The number of fused-ring (bicyclic) bond motifs is 1. The zero-order valence-corrected chi connectivity index (χ0v) is 20.6. The summed E-state index contributed by atoms with van der Waals surface area (Å²) in [5, 5.41) is 4.10. The molecule has 2 aliphatic heterocycles. The second-order valence-electron chi connectivity index (χ2n) is 7.58. The van der Waals surface area contributed by atoms with Gasteiger partial charge in [-0.25, -0.2) is 13.2 Å². The number of thioether (sulfide) groups is 1. The van der Waals surface area contributed by atoms with E-state index in [9.17, 15) is 22.8 Å². The number of rotatable bonds is 11. The Labute approximate surface area is 202 Å². The monoisotopic (exact) mass is 510 g/mol. The van der Waals surface area contributed by atoms with Gasteiger partial charge in [0.25, 0.3) is 0 Å². The maximum absolute atomic E-state index is 13.0. The molecule has 0 aliphatic carbocycles. The summed E-state index contributed by atoms with van der Waals surface area (Å²) in [5.74, 6) is -2.12. The summed E-state index contributed by atoms with van der Waals surface area (Å²) >= 11 is 1.17. The van der Waals surface area contributed by atoms with Gasteiger partial charge in [-0.2, -0.15) is 8.42 Å². The number of hydrogen-bond acceptors (Lipinski definition) is 9. The summed E-state index contributed by atoms with van der Waals surface area (Å²) in [6, 6.07) is 8.66. The van der Waals surface area contributed by atoms with E-state index in [0.717, 1.165) is 5.56 Å². The van der Waals surface area contributed by atoms with Gasteiger partial charge in [-0.05, 0) is 24.8 Å². The third-order valence-corrected chi connectivity index (χ3v) is 7.16. The van der Waals surface area contributed by atoms with Crippen LogP contribution in [0.3, 0.4) is 0 Å². The van der Waals surface area contributed by atoms with Gasteiger partial charge in [0.2, 0.25) is 11.8 Å². The molecule has 3 atom stereocenters. The summed E-state index contributed by atoms with van der Waals surface area (Å²) in [5.41, 5.74) is 0.904. The van der Waals surface area contributed by atoms with Crippen molar-refractivity contribution >= 4 is 39.9 Å². The minimum absolute atomic E-state index is 0.0328. The van der Waals surface area contributed by atoms with Gasteiger partial charge in [-0.3, -0.25) is 9.59 Å². The normalized spacial score (nSPS) is 20.8. The quantitative estimate of drug-likeness (QED) is 0.352. The minimum Gasteiger partial charge on any atom is -0.456 e. The molecule has 34 heavy (non-hydrogen) atoms. The van der Waals surface area contributed by atoms with Crippen molar-refractivity contribution in [2.75, 3.05) is 6.61 Å². The number of esters is 1. The van der Waals surface area contributed by atoms with E-state index in [-0.39, 0.29) is 24.8 Å². The van der Waals surface area contributed by atoms with Gasteiger partial charge in [-0.15, -0.1) is 0 Å². The van der Waals surface area contributed by atoms with E-state index < -0.39 is 40.3 Å². The molecule has 1 N–H and O–H groups in total. The Morgan fingerprint density at radius 2 is 2.00 bits per heavy atom. The van der Waals surface area contributed by atoms with Crippen LogP contribution in [0.15, 0.2) is 52.5 Å². The number of ether oxygens (including phenoxy) is 1. The Bertz CT molecular complexity index is 1100. The Hall–Kier alpha value is -2.67. The van der Waals surface area contributed by atoms with Crippen LogP contribution in [0.4, 0.5) is 0 Å². The first kappa shape index (κ1) is 25.9. The molecular weight excluding hydrogens is 484 g/mol. The summed E-state index contributed by atoms with van der Waals surface area (Å²) in [6.07, 6.45) is 0.761. The van der Waals surface area contributed by atoms with Gasteiger partial charge in [0.15, 0.2) is 0 Å². The molecule has 0 unspecified atom stereocenters. The highest BCUT2D eigenvalue weighted by Gasteiger charge is 2.58. The molecule has 1 aromatic carbocycles. The number of hydrogen-bond donors (Lipinski definition) is 1. The van der Waals surface area contributed by atoms with Crippen LogP contribution < -0.4 is 5.32 Å². The number of benzene rings is 1. The number of β-lactam (4-membered cyclic amide) rings is 1. The van der Waals surface area contributed by atoms with Crippen molar-refractivity contribution in [2.45, 2.75) is 45.9 Å². The maximum Gasteiger partial charge on any atom is 0.400 e. The van der Waals surface area contributed by atoms with Crippen LogP contribution in [-0.4, -0.2) is 49.9 Å². The predicted octanol–water partition coefficient (Wildman–Crippen LogP) is 2.20. The van der Waals surface area contributed by atoms with E-state index in [1.165, 1.54) is 43.6 Å². The molecule has 0 spiro atoms. The molecule has 0 saturated carbocycles. The molecule has 2 amide bonds. The zero-order chi connectivity index (χ0) is 24.9. The van der Waals surface area contributed by atoms with Crippen LogP contribution in [0.5, 0.6) is 0 Å². The summed E-state index contributed by atoms with van der Waals surface area (Å²) in [7, 11) is -4.25. The predicted molar refractivity (Wildman–Crippen MR) is 124 cm³/mol. The van der Waals surface area contributed by atoms with E-state index in [0.29, 0.717) is 11.3 Å². The SMILES string of the molecule is CCOS(=O)(=O)O[C@@H](C)[C@@H]1C(=O)N2C(C(=O)OCc3ccccc3)=C(SC=CNC(C)=O)C[C@H]12. The number of nitrogens with one attached hydrogen (secondary N) is 1. The lowest BCUT2D eigenvalue weighted by Crippen LogP contribution is -2.62. The maximum atomic E-state index is 13.0. The first-order chi connectivity index (χ1) is 16.1. The molecule has 184 valence electrons. The average molecular weight is 511 g/mol. The minimum atomic E-state index is -4.25. The van der Waals surface area contributed by atoms with Crippen molar-refractivity contribution in [3.63, 3.8) is 0 Å². The van der Waals surface area contributed by atoms with Crippen molar-refractivity contribution in [1.29, 1.82) is 0 Å². The Kier molecular flexibility index (Phi) is 8.52. The lowest BCUT2D eigenvalue weighted by atomic mass is 9.83. The lowest BCUT2D eigenvalue weighted by Gasteiger charge is -2.45. The molecule has 10 nitrogen and oxygen atoms in total. The first-order valence-electron chi connectivity index (χ1n) is 10.6. The molecule has 3 rings (SSSR count). The molecule has 1 saturated heterocycles. The second kappa shape index (κ2) is 11.2. The second-order valence-corrected chi connectivity index (χ2v) is 9.82. The fourth-order valence-electron chi connectivity index (χ4n) is 3.79. The third kappa shape index (κ3) is 6.06. The molecule has 1 aromatic rings. The molecule has 12 heteroatoms. The molecule has 0 bridgehead atoms. The number of nitrogens with zero attached hydrogens (tertiary/aromatic N) is 1. The topological polar surface area (TPSA) is 128 Å². The number of carbonyl (C=O) groups is 3. The van der Waals surface area contributed by atoms with Gasteiger partial charge < -0.3 is 15.0 Å². The van der Waals surface area contributed by atoms with E-state index in [1.807, 2.05) is 30.3 Å². The van der Waals surface area contributed by atoms with Gasteiger partial charge in [0, 0.05) is 24.4 Å². The molecule has 2 aliphatic rings. The van der Waals surface area contributed by atoms with E-state index in [1.54, 1.807) is 5.41 Å². The smallest absolute Gasteiger partial charge is 0.400 e. The van der Waals surface area contributed by atoms with Gasteiger partial charge in [0.05, 0.1) is 24.7 Å². The van der Waals surface area contributed by atoms with Crippen molar-refractivity contribution in [2.24, 2.45) is 5.92 Å². The summed E-state index contributed by atoms with van der Waals surface area (Å²) in [4.78, 5) is 38.9. The van der Waals surface area contributed by atoms with Crippen LogP contribution in [0.1, 0.15) is 32.8 Å². The van der Waals surface area contributed by atoms with E-state index in [2.05, 4.69) is 9.50 Å². The molecule has 0 aromatic heterocycles. The highest BCUT2D eigenvalue weighted by Crippen LogP contribution is 2.48. The van der Waals surface area contributed by atoms with Crippen molar-refractivity contribution in [3.05, 3.63) is 58.1 Å². The summed E-state index contributed by atoms with van der Waals surface area (Å²) in [6.45, 7) is 4.29. The zero-order valence-electron chi connectivity index (χ0n) is 18.9. The summed E-state index contributed by atoms with van der Waals surface area (Å²) < 4.78 is 38.8. The fourth-order valence-corrected chi connectivity index (χ4v) is 5.49. The Morgan fingerprint density at radius 1 is 1.29 bits per heavy atom. The van der Waals surface area contributed by atoms with Crippen LogP contribution in [-0.2, 0) is 44.5 Å². The number of carbonyl (C=O) groups excluding carboxylic acids is 3. The molecule has 2 heterocycles. The largest absolute Gasteiger partial charge is 0.456 e. The van der Waals surface area contributed by atoms with Crippen LogP contribution in [0.2, 0.25) is 0 Å².